The van der Waals surface area contributed by atoms with Gasteiger partial charge in [0.1, 0.15) is 11.5 Å². The Morgan fingerprint density at radius 2 is 1.67 bits per heavy atom. The van der Waals surface area contributed by atoms with Crippen LogP contribution >= 0.6 is 0 Å². The first kappa shape index (κ1) is 21.9. The Balaban J connectivity index is 1.39. The van der Waals surface area contributed by atoms with E-state index in [9.17, 15) is 4.79 Å². The molecule has 3 aromatic rings. The SMILES string of the molecule is CC(=O)[C@@H](C)[C@H](c1ccc2c(c1)CC(c1ccc(-c3c(C)cccc3C)cc1)CO2)C1CC1. The second kappa shape index (κ2) is 8.82. The number of hydrogen-bond donors (Lipinski definition) is 0. The number of Topliss-reactive ketones (excluding diaryl/α,β-unsaturated/α-hetero) is 1. The van der Waals surface area contributed by atoms with Crippen molar-refractivity contribution in [1.82, 2.24) is 0 Å². The molecule has 0 bridgehead atoms. The van der Waals surface area contributed by atoms with Gasteiger partial charge >= 0.3 is 0 Å². The summed E-state index contributed by atoms with van der Waals surface area (Å²) in [4.78, 5) is 12.2. The second-order valence-corrected chi connectivity index (χ2v) is 10.2. The second-order valence-electron chi connectivity index (χ2n) is 10.2. The Labute approximate surface area is 198 Å². The molecular formula is C31H34O2. The molecule has 170 valence electrons. The van der Waals surface area contributed by atoms with Crippen LogP contribution in [0.5, 0.6) is 5.75 Å². The van der Waals surface area contributed by atoms with Gasteiger partial charge in [-0.3, -0.25) is 4.79 Å². The molecule has 1 saturated carbocycles. The van der Waals surface area contributed by atoms with Crippen LogP contribution in [0.15, 0.2) is 60.7 Å². The summed E-state index contributed by atoms with van der Waals surface area (Å²) < 4.78 is 6.20. The highest BCUT2D eigenvalue weighted by Gasteiger charge is 2.38. The minimum absolute atomic E-state index is 0.0771. The van der Waals surface area contributed by atoms with Gasteiger partial charge in [-0.25, -0.2) is 0 Å². The van der Waals surface area contributed by atoms with E-state index in [0.717, 1.165) is 12.2 Å². The monoisotopic (exact) mass is 438 g/mol. The lowest BCUT2D eigenvalue weighted by Crippen LogP contribution is -2.21. The van der Waals surface area contributed by atoms with Crippen LogP contribution in [-0.2, 0) is 11.2 Å². The van der Waals surface area contributed by atoms with Gasteiger partial charge in [0.15, 0.2) is 0 Å². The van der Waals surface area contributed by atoms with E-state index in [1.54, 1.807) is 6.92 Å². The van der Waals surface area contributed by atoms with Crippen LogP contribution in [0.2, 0.25) is 0 Å². The zero-order chi connectivity index (χ0) is 23.1. The maximum absolute atomic E-state index is 12.2. The van der Waals surface area contributed by atoms with Crippen LogP contribution in [-0.4, -0.2) is 12.4 Å². The normalized spacial score (nSPS) is 19.3. The van der Waals surface area contributed by atoms with E-state index >= 15 is 0 Å². The Kier molecular flexibility index (Phi) is 5.86. The van der Waals surface area contributed by atoms with Gasteiger partial charge in [0.25, 0.3) is 0 Å². The maximum atomic E-state index is 12.2. The zero-order valence-corrected chi connectivity index (χ0v) is 20.2. The predicted molar refractivity (Wildman–Crippen MR) is 135 cm³/mol. The lowest BCUT2D eigenvalue weighted by Gasteiger charge is -2.28. The molecule has 2 heteroatoms. The summed E-state index contributed by atoms with van der Waals surface area (Å²) >= 11 is 0. The molecule has 1 fully saturated rings. The molecule has 0 spiro atoms. The molecule has 1 aliphatic carbocycles. The number of carbonyl (C=O) groups excluding carboxylic acids is 1. The first-order valence-electron chi connectivity index (χ1n) is 12.3. The van der Waals surface area contributed by atoms with Crippen molar-refractivity contribution >= 4 is 5.78 Å². The number of ketones is 1. The summed E-state index contributed by atoms with van der Waals surface area (Å²) in [5, 5.41) is 0. The number of fused-ring (bicyclic) bond motifs is 1. The van der Waals surface area contributed by atoms with Crippen molar-refractivity contribution in [3.8, 4) is 16.9 Å². The van der Waals surface area contributed by atoms with E-state index in [-0.39, 0.29) is 5.92 Å². The van der Waals surface area contributed by atoms with E-state index in [1.807, 2.05) is 0 Å². The van der Waals surface area contributed by atoms with Gasteiger partial charge in [-0.05, 0) is 96.9 Å². The first-order chi connectivity index (χ1) is 15.9. The molecule has 0 aromatic heterocycles. The Hall–Kier alpha value is -2.87. The molecule has 0 amide bonds. The molecule has 2 nitrogen and oxygen atoms in total. The maximum Gasteiger partial charge on any atom is 0.133 e. The summed E-state index contributed by atoms with van der Waals surface area (Å²) in [6, 6.07) is 22.2. The number of hydrogen-bond acceptors (Lipinski definition) is 2. The minimum atomic E-state index is 0.0771. The molecule has 1 heterocycles. The molecule has 0 N–H and O–H groups in total. The van der Waals surface area contributed by atoms with Crippen molar-refractivity contribution in [2.24, 2.45) is 11.8 Å². The van der Waals surface area contributed by atoms with Crippen molar-refractivity contribution < 1.29 is 9.53 Å². The van der Waals surface area contributed by atoms with Crippen LogP contribution in [0.1, 0.15) is 66.3 Å². The molecule has 3 aromatic carbocycles. The van der Waals surface area contributed by atoms with Crippen molar-refractivity contribution in [2.75, 3.05) is 6.61 Å². The van der Waals surface area contributed by atoms with Crippen molar-refractivity contribution in [1.29, 1.82) is 0 Å². The van der Waals surface area contributed by atoms with Gasteiger partial charge in [0.05, 0.1) is 6.61 Å². The van der Waals surface area contributed by atoms with Gasteiger partial charge < -0.3 is 4.74 Å². The van der Waals surface area contributed by atoms with Crippen LogP contribution in [0, 0.1) is 25.7 Å². The highest BCUT2D eigenvalue weighted by Crippen LogP contribution is 2.48. The van der Waals surface area contributed by atoms with Gasteiger partial charge in [0, 0.05) is 11.8 Å². The standard InChI is InChI=1S/C31H34O2/c1-19-6-5-7-20(2)30(19)24-10-8-23(9-11-24)28-17-27-16-26(14-15-29(27)33-18-28)31(25-12-13-25)21(3)22(4)32/h5-11,14-16,21,25,28,31H,12-13,17-18H2,1-4H3/t21-,28?,31+/m1/s1. The van der Waals surface area contributed by atoms with Gasteiger partial charge in [-0.15, -0.1) is 0 Å². The Morgan fingerprint density at radius 1 is 0.970 bits per heavy atom. The highest BCUT2D eigenvalue weighted by molar-refractivity contribution is 5.79. The summed E-state index contributed by atoms with van der Waals surface area (Å²) in [6.45, 7) is 8.91. The highest BCUT2D eigenvalue weighted by atomic mass is 16.5. The van der Waals surface area contributed by atoms with Crippen LogP contribution in [0.25, 0.3) is 11.1 Å². The zero-order valence-electron chi connectivity index (χ0n) is 20.2. The Bertz CT molecular complexity index is 1150. The fourth-order valence-corrected chi connectivity index (χ4v) is 5.70. The largest absolute Gasteiger partial charge is 0.493 e. The van der Waals surface area contributed by atoms with E-state index in [1.165, 1.54) is 51.8 Å². The van der Waals surface area contributed by atoms with Crippen LogP contribution < -0.4 is 4.74 Å². The predicted octanol–water partition coefficient (Wildman–Crippen LogP) is 7.41. The minimum Gasteiger partial charge on any atom is -0.493 e. The van der Waals surface area contributed by atoms with E-state index in [2.05, 4.69) is 81.4 Å². The fourth-order valence-electron chi connectivity index (χ4n) is 5.70. The molecule has 0 saturated heterocycles. The van der Waals surface area contributed by atoms with Gasteiger partial charge in [-0.2, -0.15) is 0 Å². The number of ether oxygens (including phenoxy) is 1. The molecule has 2 aliphatic rings. The average molecular weight is 439 g/mol. The van der Waals surface area contributed by atoms with Crippen molar-refractivity contribution in [3.05, 3.63) is 88.5 Å². The Morgan fingerprint density at radius 3 is 2.30 bits per heavy atom. The smallest absolute Gasteiger partial charge is 0.133 e. The molecule has 3 atom stereocenters. The molecule has 33 heavy (non-hydrogen) atoms. The lowest BCUT2D eigenvalue weighted by molar-refractivity contribution is -0.121. The summed E-state index contributed by atoms with van der Waals surface area (Å²) in [6.07, 6.45) is 3.47. The van der Waals surface area contributed by atoms with Crippen LogP contribution in [0.4, 0.5) is 0 Å². The number of rotatable bonds is 6. The fraction of sp³-hybridized carbons (Fsp3) is 0.387. The average Bonchev–Trinajstić information content (AvgIpc) is 3.64. The lowest BCUT2D eigenvalue weighted by atomic mass is 9.79. The molecular weight excluding hydrogens is 404 g/mol. The number of carbonyl (C=O) groups is 1. The van der Waals surface area contributed by atoms with Crippen LogP contribution in [0.3, 0.4) is 0 Å². The van der Waals surface area contributed by atoms with E-state index in [4.69, 9.17) is 4.74 Å². The number of aryl methyl sites for hydroxylation is 2. The van der Waals surface area contributed by atoms with Crippen molar-refractivity contribution in [3.63, 3.8) is 0 Å². The molecule has 5 rings (SSSR count). The third-order valence-corrected chi connectivity index (χ3v) is 7.84. The quantitative estimate of drug-likeness (QED) is 0.400. The van der Waals surface area contributed by atoms with Crippen molar-refractivity contribution in [2.45, 2.75) is 58.8 Å². The molecule has 1 unspecified atom stereocenters. The summed E-state index contributed by atoms with van der Waals surface area (Å²) in [7, 11) is 0. The van der Waals surface area contributed by atoms with Gasteiger partial charge in [0.2, 0.25) is 0 Å². The topological polar surface area (TPSA) is 26.3 Å². The molecule has 1 aliphatic heterocycles. The van der Waals surface area contributed by atoms with Gasteiger partial charge in [-0.1, -0.05) is 61.5 Å². The van der Waals surface area contributed by atoms with E-state index in [0.29, 0.717) is 30.1 Å². The molecule has 0 radical (unpaired) electrons. The number of benzene rings is 3. The summed E-state index contributed by atoms with van der Waals surface area (Å²) in [5.74, 6) is 2.72. The first-order valence-corrected chi connectivity index (χ1v) is 12.3. The summed E-state index contributed by atoms with van der Waals surface area (Å²) in [5.41, 5.74) is 9.17. The third-order valence-electron chi connectivity index (χ3n) is 7.84. The van der Waals surface area contributed by atoms with E-state index < -0.39 is 0 Å². The third kappa shape index (κ3) is 4.36.